The van der Waals surface area contributed by atoms with Crippen molar-refractivity contribution in [3.63, 3.8) is 0 Å². The van der Waals surface area contributed by atoms with Gasteiger partial charge >= 0.3 is 12.0 Å². The maximum Gasteiger partial charge on any atom is 0.318 e. The van der Waals surface area contributed by atoms with E-state index in [1.165, 1.54) is 4.88 Å². The zero-order chi connectivity index (χ0) is 14.3. The van der Waals surface area contributed by atoms with Crippen molar-refractivity contribution >= 4 is 23.3 Å². The summed E-state index contributed by atoms with van der Waals surface area (Å²) >= 11 is 1.67. The minimum atomic E-state index is -0.774. The Bertz CT molecular complexity index is 542. The summed E-state index contributed by atoms with van der Waals surface area (Å²) in [6, 6.07) is 3.91. The predicted octanol–water partition coefficient (Wildman–Crippen LogP) is 2.20. The Labute approximate surface area is 121 Å². The van der Waals surface area contributed by atoms with Crippen molar-refractivity contribution in [1.29, 1.82) is 0 Å². The van der Waals surface area contributed by atoms with E-state index in [4.69, 9.17) is 0 Å². The van der Waals surface area contributed by atoms with Crippen LogP contribution in [0.2, 0.25) is 0 Å². The van der Waals surface area contributed by atoms with Gasteiger partial charge in [-0.05, 0) is 38.3 Å². The van der Waals surface area contributed by atoms with Crippen LogP contribution in [0.4, 0.5) is 4.79 Å². The van der Waals surface area contributed by atoms with Crippen LogP contribution < -0.4 is 5.32 Å². The number of hydrogen-bond acceptors (Lipinski definition) is 3. The number of carbonyl (C=O) groups excluding carboxylic acids is 1. The van der Waals surface area contributed by atoms with Crippen LogP contribution in [-0.4, -0.2) is 34.1 Å². The molecular weight excluding hydrogens is 276 g/mol. The number of fused-ring (bicyclic) bond motifs is 2. The van der Waals surface area contributed by atoms with Crippen LogP contribution >= 0.6 is 11.3 Å². The minimum Gasteiger partial charge on any atom is -0.481 e. The molecule has 20 heavy (non-hydrogen) atoms. The molecule has 2 bridgehead atoms. The summed E-state index contributed by atoms with van der Waals surface area (Å²) in [7, 11) is 0. The van der Waals surface area contributed by atoms with Gasteiger partial charge in [0.1, 0.15) is 0 Å². The molecule has 0 saturated carbocycles. The van der Waals surface area contributed by atoms with Crippen LogP contribution in [0.3, 0.4) is 0 Å². The van der Waals surface area contributed by atoms with Gasteiger partial charge in [0.2, 0.25) is 0 Å². The zero-order valence-corrected chi connectivity index (χ0v) is 12.2. The SMILES string of the molecule is Cc1ccc(CNC(=O)N2C3CCC2C(C(=O)O)C3)s1. The predicted molar refractivity (Wildman–Crippen MR) is 75.7 cm³/mol. The summed E-state index contributed by atoms with van der Waals surface area (Å²) in [6.45, 7) is 2.55. The van der Waals surface area contributed by atoms with Gasteiger partial charge in [0.05, 0.1) is 12.5 Å². The standard InChI is InChI=1S/C14H18N2O3S/c1-8-2-4-10(20-8)7-15-14(19)16-9-3-5-12(16)11(6-9)13(17)18/h2,4,9,11-12H,3,5-7H2,1H3,(H,15,19)(H,17,18). The molecule has 0 radical (unpaired) electrons. The molecular formula is C14H18N2O3S. The van der Waals surface area contributed by atoms with E-state index in [-0.39, 0.29) is 24.0 Å². The van der Waals surface area contributed by atoms with E-state index in [0.717, 1.165) is 17.7 Å². The molecule has 0 aromatic carbocycles. The Hall–Kier alpha value is -1.56. The quantitative estimate of drug-likeness (QED) is 0.898. The molecule has 1 aromatic rings. The lowest BCUT2D eigenvalue weighted by Gasteiger charge is -2.23. The number of aliphatic carboxylic acids is 1. The third-order valence-corrected chi connectivity index (χ3v) is 5.30. The van der Waals surface area contributed by atoms with Crippen LogP contribution in [0.25, 0.3) is 0 Å². The van der Waals surface area contributed by atoms with E-state index >= 15 is 0 Å². The second-order valence-corrected chi connectivity index (χ2v) is 6.93. The molecule has 5 nitrogen and oxygen atoms in total. The van der Waals surface area contributed by atoms with Gasteiger partial charge in [-0.25, -0.2) is 4.79 Å². The molecule has 0 spiro atoms. The van der Waals surface area contributed by atoms with Crippen molar-refractivity contribution in [2.45, 2.75) is 44.8 Å². The second kappa shape index (κ2) is 5.09. The van der Waals surface area contributed by atoms with Crippen molar-refractivity contribution in [3.05, 3.63) is 21.9 Å². The fourth-order valence-corrected chi connectivity index (χ4v) is 4.23. The highest BCUT2D eigenvalue weighted by molar-refractivity contribution is 7.11. The van der Waals surface area contributed by atoms with E-state index in [1.54, 1.807) is 16.2 Å². The average molecular weight is 294 g/mol. The lowest BCUT2D eigenvalue weighted by atomic mass is 9.89. The molecule has 2 aliphatic heterocycles. The van der Waals surface area contributed by atoms with Gasteiger partial charge in [-0.15, -0.1) is 11.3 Å². The molecule has 2 aliphatic rings. The molecule has 2 amide bonds. The first kappa shape index (κ1) is 13.4. The number of carboxylic acids is 1. The molecule has 2 fully saturated rings. The number of nitrogens with zero attached hydrogens (tertiary/aromatic N) is 1. The summed E-state index contributed by atoms with van der Waals surface area (Å²) in [5.41, 5.74) is 0. The van der Waals surface area contributed by atoms with E-state index < -0.39 is 5.97 Å². The third kappa shape index (κ3) is 2.28. The highest BCUT2D eigenvalue weighted by atomic mass is 32.1. The topological polar surface area (TPSA) is 69.6 Å². The first-order valence-electron chi connectivity index (χ1n) is 6.90. The first-order valence-corrected chi connectivity index (χ1v) is 7.72. The summed E-state index contributed by atoms with van der Waals surface area (Å²) in [4.78, 5) is 27.6. The van der Waals surface area contributed by atoms with Crippen LogP contribution in [0.1, 0.15) is 29.0 Å². The molecule has 108 valence electrons. The highest BCUT2D eigenvalue weighted by Gasteiger charge is 2.51. The van der Waals surface area contributed by atoms with E-state index in [2.05, 4.69) is 5.32 Å². The van der Waals surface area contributed by atoms with Gasteiger partial charge in [0.25, 0.3) is 0 Å². The van der Waals surface area contributed by atoms with Crippen molar-refractivity contribution in [1.82, 2.24) is 10.2 Å². The fraction of sp³-hybridized carbons (Fsp3) is 0.571. The Kier molecular flexibility index (Phi) is 3.41. The number of urea groups is 1. The Morgan fingerprint density at radius 3 is 2.85 bits per heavy atom. The molecule has 3 rings (SSSR count). The zero-order valence-electron chi connectivity index (χ0n) is 11.3. The number of thiophene rings is 1. The number of carbonyl (C=O) groups is 2. The number of rotatable bonds is 3. The Morgan fingerprint density at radius 2 is 2.25 bits per heavy atom. The van der Waals surface area contributed by atoms with Crippen LogP contribution in [0, 0.1) is 12.8 Å². The number of amides is 2. The number of hydrogen-bond donors (Lipinski definition) is 2. The lowest BCUT2D eigenvalue weighted by Crippen LogP contribution is -2.43. The fourth-order valence-electron chi connectivity index (χ4n) is 3.40. The van der Waals surface area contributed by atoms with Crippen LogP contribution in [0.15, 0.2) is 12.1 Å². The molecule has 1 aromatic heterocycles. The average Bonchev–Trinajstić information content (AvgIpc) is 3.09. The van der Waals surface area contributed by atoms with Gasteiger partial charge in [0.15, 0.2) is 0 Å². The molecule has 3 heterocycles. The molecule has 6 heteroatoms. The Morgan fingerprint density at radius 1 is 1.45 bits per heavy atom. The third-order valence-electron chi connectivity index (χ3n) is 4.30. The molecule has 3 atom stereocenters. The van der Waals surface area contributed by atoms with Gasteiger partial charge < -0.3 is 15.3 Å². The van der Waals surface area contributed by atoms with Crippen molar-refractivity contribution in [2.75, 3.05) is 0 Å². The molecule has 2 saturated heterocycles. The molecule has 0 aliphatic carbocycles. The summed E-state index contributed by atoms with van der Waals surface area (Å²) in [5, 5.41) is 12.1. The highest BCUT2D eigenvalue weighted by Crippen LogP contribution is 2.41. The number of nitrogens with one attached hydrogen (secondary N) is 1. The lowest BCUT2D eigenvalue weighted by molar-refractivity contribution is -0.142. The molecule has 3 unspecified atom stereocenters. The van der Waals surface area contributed by atoms with E-state index in [9.17, 15) is 14.7 Å². The first-order chi connectivity index (χ1) is 9.56. The monoisotopic (exact) mass is 294 g/mol. The summed E-state index contributed by atoms with van der Waals surface area (Å²) in [6.07, 6.45) is 2.35. The van der Waals surface area contributed by atoms with Crippen molar-refractivity contribution in [2.24, 2.45) is 5.92 Å². The number of aryl methyl sites for hydroxylation is 1. The van der Waals surface area contributed by atoms with Crippen LogP contribution in [0.5, 0.6) is 0 Å². The van der Waals surface area contributed by atoms with Crippen LogP contribution in [-0.2, 0) is 11.3 Å². The Balaban J connectivity index is 1.62. The largest absolute Gasteiger partial charge is 0.481 e. The van der Waals surface area contributed by atoms with Gasteiger partial charge in [-0.3, -0.25) is 4.79 Å². The summed E-state index contributed by atoms with van der Waals surface area (Å²) in [5.74, 6) is -1.16. The van der Waals surface area contributed by atoms with Crippen molar-refractivity contribution in [3.8, 4) is 0 Å². The number of carboxylic acid groups (broad SMARTS) is 1. The normalized spacial score (nSPS) is 27.9. The van der Waals surface area contributed by atoms with Gasteiger partial charge in [-0.1, -0.05) is 0 Å². The second-order valence-electron chi connectivity index (χ2n) is 5.56. The summed E-state index contributed by atoms with van der Waals surface area (Å²) < 4.78 is 0. The van der Waals surface area contributed by atoms with Crippen molar-refractivity contribution < 1.29 is 14.7 Å². The van der Waals surface area contributed by atoms with E-state index in [1.807, 2.05) is 19.1 Å². The smallest absolute Gasteiger partial charge is 0.318 e. The van der Waals surface area contributed by atoms with Gasteiger partial charge in [-0.2, -0.15) is 0 Å². The maximum atomic E-state index is 12.3. The molecule has 2 N–H and O–H groups in total. The van der Waals surface area contributed by atoms with E-state index in [0.29, 0.717) is 13.0 Å². The maximum absolute atomic E-state index is 12.3. The minimum absolute atomic E-state index is 0.103. The van der Waals surface area contributed by atoms with Gasteiger partial charge in [0, 0.05) is 21.8 Å².